The van der Waals surface area contributed by atoms with E-state index in [1.54, 1.807) is 9.80 Å². The quantitative estimate of drug-likeness (QED) is 0.702. The van der Waals surface area contributed by atoms with Crippen molar-refractivity contribution in [2.75, 3.05) is 46.4 Å². The molecule has 7 heteroatoms. The van der Waals surface area contributed by atoms with E-state index < -0.39 is 6.10 Å². The molecule has 2 atom stereocenters. The van der Waals surface area contributed by atoms with Crippen LogP contribution in [-0.2, 0) is 19.1 Å². The molecule has 0 aliphatic carbocycles. The Hall–Kier alpha value is -1.18. The van der Waals surface area contributed by atoms with Crippen LogP contribution in [0.2, 0.25) is 0 Å². The molecule has 2 heterocycles. The van der Waals surface area contributed by atoms with E-state index in [1.165, 1.54) is 7.11 Å². The topological polar surface area (TPSA) is 85.1 Å². The summed E-state index contributed by atoms with van der Waals surface area (Å²) in [6.45, 7) is 2.98. The lowest BCUT2D eigenvalue weighted by atomic mass is 10.2. The second kappa shape index (κ2) is 7.01. The molecule has 2 aliphatic rings. The molecule has 0 aromatic carbocycles. The van der Waals surface area contributed by atoms with Gasteiger partial charge >= 0.3 is 0 Å². The van der Waals surface area contributed by atoms with Crippen LogP contribution in [0, 0.1) is 0 Å². The van der Waals surface area contributed by atoms with Gasteiger partial charge in [-0.3, -0.25) is 9.59 Å². The minimum atomic E-state index is -0.588. The van der Waals surface area contributed by atoms with Gasteiger partial charge < -0.3 is 25.0 Å². The monoisotopic (exact) mass is 285 g/mol. The molecule has 0 spiro atoms. The molecule has 0 aromatic rings. The Kier molecular flexibility index (Phi) is 5.33. The van der Waals surface area contributed by atoms with E-state index >= 15 is 0 Å². The molecule has 0 aromatic heterocycles. The van der Waals surface area contributed by atoms with Crippen LogP contribution < -0.4 is 5.73 Å². The summed E-state index contributed by atoms with van der Waals surface area (Å²) in [5.74, 6) is -0.0454. The number of rotatable bonds is 4. The van der Waals surface area contributed by atoms with Crippen molar-refractivity contribution in [3.8, 4) is 0 Å². The lowest BCUT2D eigenvalue weighted by Gasteiger charge is -2.36. The van der Waals surface area contributed by atoms with Gasteiger partial charge in [0.05, 0.1) is 0 Å². The van der Waals surface area contributed by atoms with Gasteiger partial charge in [-0.2, -0.15) is 0 Å². The molecule has 0 radical (unpaired) electrons. The predicted molar refractivity (Wildman–Crippen MR) is 72.0 cm³/mol. The van der Waals surface area contributed by atoms with E-state index in [4.69, 9.17) is 15.2 Å². The van der Waals surface area contributed by atoms with E-state index in [2.05, 4.69) is 0 Å². The number of carbonyl (C=O) groups excluding carboxylic acids is 2. The standard InChI is InChI=1S/C13H23N3O4/c1-19-11(9-14)13(18)16-6-4-15(5-7-16)12(17)10-3-2-8-20-10/h10-11H,2-9,14H2,1H3. The molecule has 114 valence electrons. The van der Waals surface area contributed by atoms with Gasteiger partial charge in [0.1, 0.15) is 12.2 Å². The summed E-state index contributed by atoms with van der Waals surface area (Å²) >= 11 is 0. The van der Waals surface area contributed by atoms with Crippen molar-refractivity contribution in [3.63, 3.8) is 0 Å². The summed E-state index contributed by atoms with van der Waals surface area (Å²) in [7, 11) is 1.48. The zero-order chi connectivity index (χ0) is 14.5. The zero-order valence-electron chi connectivity index (χ0n) is 11.9. The van der Waals surface area contributed by atoms with Gasteiger partial charge in [-0.1, -0.05) is 0 Å². The maximum Gasteiger partial charge on any atom is 0.253 e. The van der Waals surface area contributed by atoms with Gasteiger partial charge in [0.15, 0.2) is 0 Å². The van der Waals surface area contributed by atoms with Gasteiger partial charge in [-0.15, -0.1) is 0 Å². The molecule has 0 saturated carbocycles. The lowest BCUT2D eigenvalue weighted by molar-refractivity contribution is -0.149. The van der Waals surface area contributed by atoms with Crippen LogP contribution >= 0.6 is 0 Å². The summed E-state index contributed by atoms with van der Waals surface area (Å²) < 4.78 is 10.5. The Balaban J connectivity index is 1.82. The summed E-state index contributed by atoms with van der Waals surface area (Å²) in [4.78, 5) is 27.8. The summed E-state index contributed by atoms with van der Waals surface area (Å²) in [5.41, 5.74) is 5.50. The van der Waals surface area contributed by atoms with E-state index in [9.17, 15) is 9.59 Å². The van der Waals surface area contributed by atoms with Gasteiger partial charge in [-0.05, 0) is 12.8 Å². The van der Waals surface area contributed by atoms with E-state index in [-0.39, 0.29) is 24.5 Å². The van der Waals surface area contributed by atoms with Gasteiger partial charge in [-0.25, -0.2) is 0 Å². The number of hydrogen-bond acceptors (Lipinski definition) is 5. The van der Waals surface area contributed by atoms with Crippen LogP contribution in [0.4, 0.5) is 0 Å². The van der Waals surface area contributed by atoms with E-state index in [0.29, 0.717) is 32.8 Å². The number of methoxy groups -OCH3 is 1. The first-order chi connectivity index (χ1) is 9.67. The highest BCUT2D eigenvalue weighted by Crippen LogP contribution is 2.16. The molecule has 2 rings (SSSR count). The van der Waals surface area contributed by atoms with Gasteiger partial charge in [0.2, 0.25) is 0 Å². The number of nitrogens with two attached hydrogens (primary N) is 1. The molecule has 2 aliphatic heterocycles. The Morgan fingerprint density at radius 2 is 1.95 bits per heavy atom. The first-order valence-corrected chi connectivity index (χ1v) is 7.09. The third-order valence-electron chi connectivity index (χ3n) is 3.88. The summed E-state index contributed by atoms with van der Waals surface area (Å²) in [6.07, 6.45) is 0.876. The maximum atomic E-state index is 12.2. The fraction of sp³-hybridized carbons (Fsp3) is 0.846. The van der Waals surface area contributed by atoms with Crippen molar-refractivity contribution in [3.05, 3.63) is 0 Å². The fourth-order valence-corrected chi connectivity index (χ4v) is 2.62. The highest BCUT2D eigenvalue weighted by atomic mass is 16.5. The maximum absolute atomic E-state index is 12.2. The molecular weight excluding hydrogens is 262 g/mol. The third kappa shape index (κ3) is 3.28. The molecular formula is C13H23N3O4. The van der Waals surface area contributed by atoms with Crippen molar-refractivity contribution < 1.29 is 19.1 Å². The zero-order valence-corrected chi connectivity index (χ0v) is 11.9. The van der Waals surface area contributed by atoms with Crippen molar-refractivity contribution >= 4 is 11.8 Å². The highest BCUT2D eigenvalue weighted by Gasteiger charge is 2.32. The van der Waals surface area contributed by atoms with Crippen LogP contribution in [0.15, 0.2) is 0 Å². The molecule has 2 amide bonds. The lowest BCUT2D eigenvalue weighted by Crippen LogP contribution is -2.55. The SMILES string of the molecule is COC(CN)C(=O)N1CCN(C(=O)C2CCCO2)CC1. The highest BCUT2D eigenvalue weighted by molar-refractivity contribution is 5.83. The van der Waals surface area contributed by atoms with Crippen molar-refractivity contribution in [1.82, 2.24) is 9.80 Å². The number of ether oxygens (including phenoxy) is 2. The second-order valence-corrected chi connectivity index (χ2v) is 5.11. The normalized spacial score (nSPS) is 24.8. The summed E-state index contributed by atoms with van der Waals surface area (Å²) in [5, 5.41) is 0. The third-order valence-corrected chi connectivity index (χ3v) is 3.88. The first-order valence-electron chi connectivity index (χ1n) is 7.09. The van der Waals surface area contributed by atoms with Crippen molar-refractivity contribution in [2.24, 2.45) is 5.73 Å². The number of amides is 2. The minimum Gasteiger partial charge on any atom is -0.370 e. The Labute approximate surface area is 119 Å². The number of carbonyl (C=O) groups is 2. The Morgan fingerprint density at radius 3 is 2.45 bits per heavy atom. The fourth-order valence-electron chi connectivity index (χ4n) is 2.62. The molecule has 2 saturated heterocycles. The van der Waals surface area contributed by atoms with Gasteiger partial charge in [0.25, 0.3) is 11.8 Å². The average Bonchev–Trinajstić information content (AvgIpc) is 3.02. The van der Waals surface area contributed by atoms with Crippen LogP contribution in [-0.4, -0.2) is 80.3 Å². The van der Waals surface area contributed by atoms with E-state index in [0.717, 1.165) is 12.8 Å². The molecule has 2 N–H and O–H groups in total. The molecule has 0 bridgehead atoms. The molecule has 7 nitrogen and oxygen atoms in total. The second-order valence-electron chi connectivity index (χ2n) is 5.11. The largest absolute Gasteiger partial charge is 0.370 e. The van der Waals surface area contributed by atoms with Gasteiger partial charge in [0, 0.05) is 46.4 Å². The molecule has 20 heavy (non-hydrogen) atoms. The Morgan fingerprint density at radius 1 is 1.30 bits per heavy atom. The summed E-state index contributed by atoms with van der Waals surface area (Å²) in [6, 6.07) is 0. The van der Waals surface area contributed by atoms with Crippen LogP contribution in [0.1, 0.15) is 12.8 Å². The predicted octanol–water partition coefficient (Wildman–Crippen LogP) is -1.19. The van der Waals surface area contributed by atoms with E-state index in [1.807, 2.05) is 0 Å². The average molecular weight is 285 g/mol. The minimum absolute atomic E-state index is 0.0525. The molecule has 2 unspecified atom stereocenters. The smallest absolute Gasteiger partial charge is 0.253 e. The number of hydrogen-bond donors (Lipinski definition) is 1. The first kappa shape index (κ1) is 15.2. The van der Waals surface area contributed by atoms with Crippen LogP contribution in [0.5, 0.6) is 0 Å². The number of nitrogens with zero attached hydrogens (tertiary/aromatic N) is 2. The van der Waals surface area contributed by atoms with Crippen molar-refractivity contribution in [1.29, 1.82) is 0 Å². The van der Waals surface area contributed by atoms with Crippen LogP contribution in [0.3, 0.4) is 0 Å². The Bertz CT molecular complexity index is 324. The van der Waals surface area contributed by atoms with Crippen LogP contribution in [0.25, 0.3) is 0 Å². The number of piperazine rings is 1. The van der Waals surface area contributed by atoms with Crippen molar-refractivity contribution in [2.45, 2.75) is 25.0 Å². The molecule has 2 fully saturated rings.